The highest BCUT2D eigenvalue weighted by molar-refractivity contribution is 9.10. The topological polar surface area (TPSA) is 32.3 Å². The molecule has 2 rings (SSSR count). The van der Waals surface area contributed by atoms with E-state index in [-0.39, 0.29) is 6.61 Å². The van der Waals surface area contributed by atoms with Crippen molar-refractivity contribution < 1.29 is 5.11 Å². The van der Waals surface area contributed by atoms with Crippen LogP contribution in [-0.4, -0.2) is 5.11 Å². The second-order valence-corrected chi connectivity index (χ2v) is 5.53. The number of nitrogens with one attached hydrogen (secondary N) is 1. The second kappa shape index (κ2) is 6.85. The zero-order valence-corrected chi connectivity index (χ0v) is 12.6. The molecular formula is C16H18BrNO. The van der Waals surface area contributed by atoms with Crippen LogP contribution in [0.25, 0.3) is 0 Å². The van der Waals surface area contributed by atoms with Gasteiger partial charge in [0.1, 0.15) is 0 Å². The number of aliphatic hydroxyl groups excluding tert-OH is 1. The number of hydrogen-bond donors (Lipinski definition) is 2. The highest BCUT2D eigenvalue weighted by atomic mass is 79.9. The number of aliphatic hydroxyl groups is 1. The van der Waals surface area contributed by atoms with Gasteiger partial charge in [-0.3, -0.25) is 0 Å². The van der Waals surface area contributed by atoms with E-state index in [0.29, 0.717) is 0 Å². The van der Waals surface area contributed by atoms with Crippen LogP contribution in [0, 0.1) is 6.92 Å². The molecule has 2 N–H and O–H groups in total. The number of benzene rings is 2. The van der Waals surface area contributed by atoms with E-state index in [2.05, 4.69) is 52.4 Å². The zero-order valence-electron chi connectivity index (χ0n) is 11.0. The largest absolute Gasteiger partial charge is 0.392 e. The molecule has 0 saturated heterocycles. The predicted octanol–water partition coefficient (Wildman–Crippen LogP) is 3.54. The van der Waals surface area contributed by atoms with Gasteiger partial charge in [-0.15, -0.1) is 0 Å². The lowest BCUT2D eigenvalue weighted by atomic mass is 10.1. The van der Waals surface area contributed by atoms with Crippen molar-refractivity contribution in [1.29, 1.82) is 0 Å². The summed E-state index contributed by atoms with van der Waals surface area (Å²) in [5, 5.41) is 12.5. The van der Waals surface area contributed by atoms with Crippen LogP contribution in [0.4, 0.5) is 0 Å². The minimum Gasteiger partial charge on any atom is -0.392 e. The van der Waals surface area contributed by atoms with E-state index in [1.165, 1.54) is 16.7 Å². The maximum Gasteiger partial charge on any atom is 0.0681 e. The Morgan fingerprint density at radius 2 is 1.84 bits per heavy atom. The minimum absolute atomic E-state index is 0.0946. The Balaban J connectivity index is 1.92. The Bertz CT molecular complexity index is 554. The van der Waals surface area contributed by atoms with Crippen molar-refractivity contribution in [2.24, 2.45) is 0 Å². The summed E-state index contributed by atoms with van der Waals surface area (Å²) >= 11 is 3.58. The molecule has 19 heavy (non-hydrogen) atoms. The molecule has 0 fully saturated rings. The molecule has 0 atom stereocenters. The number of aryl methyl sites for hydroxylation is 1. The summed E-state index contributed by atoms with van der Waals surface area (Å²) in [5.41, 5.74) is 4.65. The summed E-state index contributed by atoms with van der Waals surface area (Å²) in [4.78, 5) is 0. The third-order valence-corrected chi connectivity index (χ3v) is 3.77. The first-order valence-electron chi connectivity index (χ1n) is 6.33. The molecule has 0 amide bonds. The molecule has 0 unspecified atom stereocenters. The van der Waals surface area contributed by atoms with Gasteiger partial charge in [-0.2, -0.15) is 0 Å². The van der Waals surface area contributed by atoms with Crippen LogP contribution in [0.1, 0.15) is 22.3 Å². The fourth-order valence-corrected chi connectivity index (χ4v) is 2.61. The molecular weight excluding hydrogens is 302 g/mol. The van der Waals surface area contributed by atoms with E-state index in [0.717, 1.165) is 23.1 Å². The number of rotatable bonds is 5. The summed E-state index contributed by atoms with van der Waals surface area (Å²) in [7, 11) is 0. The molecule has 0 aromatic heterocycles. The summed E-state index contributed by atoms with van der Waals surface area (Å²) in [6, 6.07) is 14.4. The number of hydrogen-bond acceptors (Lipinski definition) is 2. The van der Waals surface area contributed by atoms with Crippen molar-refractivity contribution in [1.82, 2.24) is 5.32 Å². The van der Waals surface area contributed by atoms with Crippen LogP contribution < -0.4 is 5.32 Å². The highest BCUT2D eigenvalue weighted by Gasteiger charge is 2.00. The van der Waals surface area contributed by atoms with Crippen molar-refractivity contribution in [2.75, 3.05) is 0 Å². The highest BCUT2D eigenvalue weighted by Crippen LogP contribution is 2.18. The van der Waals surface area contributed by atoms with Gasteiger partial charge >= 0.3 is 0 Å². The lowest BCUT2D eigenvalue weighted by Crippen LogP contribution is -2.13. The average molecular weight is 320 g/mol. The molecule has 0 radical (unpaired) electrons. The van der Waals surface area contributed by atoms with Gasteiger partial charge in [0.05, 0.1) is 6.61 Å². The van der Waals surface area contributed by atoms with Crippen LogP contribution >= 0.6 is 15.9 Å². The molecule has 0 aliphatic rings. The van der Waals surface area contributed by atoms with E-state index < -0.39 is 0 Å². The smallest absolute Gasteiger partial charge is 0.0681 e. The van der Waals surface area contributed by atoms with Crippen LogP contribution in [0.5, 0.6) is 0 Å². The van der Waals surface area contributed by atoms with Crippen molar-refractivity contribution in [3.8, 4) is 0 Å². The molecule has 0 aliphatic heterocycles. The Labute approximate surface area is 122 Å². The quantitative estimate of drug-likeness (QED) is 0.883. The monoisotopic (exact) mass is 319 g/mol. The van der Waals surface area contributed by atoms with Crippen molar-refractivity contribution in [3.63, 3.8) is 0 Å². The lowest BCUT2D eigenvalue weighted by molar-refractivity contribution is 0.281. The summed E-state index contributed by atoms with van der Waals surface area (Å²) < 4.78 is 1.14. The fraction of sp³-hybridized carbons (Fsp3) is 0.250. The number of halogens is 1. The Morgan fingerprint density at radius 3 is 2.58 bits per heavy atom. The van der Waals surface area contributed by atoms with Crippen LogP contribution in [0.2, 0.25) is 0 Å². The standard InChI is InChI=1S/C16H18BrNO/c1-12-5-6-15(16(17)7-12)10-18-9-13-3-2-4-14(8-13)11-19/h2-8,18-19H,9-11H2,1H3. The maximum atomic E-state index is 9.10. The van der Waals surface area contributed by atoms with Crippen LogP contribution in [0.15, 0.2) is 46.9 Å². The molecule has 2 nitrogen and oxygen atoms in total. The van der Waals surface area contributed by atoms with Gasteiger partial charge in [0, 0.05) is 17.6 Å². The van der Waals surface area contributed by atoms with E-state index >= 15 is 0 Å². The normalized spacial score (nSPS) is 10.7. The first-order valence-corrected chi connectivity index (χ1v) is 7.13. The molecule has 0 heterocycles. The van der Waals surface area contributed by atoms with Gasteiger partial charge in [-0.25, -0.2) is 0 Å². The van der Waals surface area contributed by atoms with E-state index in [1.54, 1.807) is 0 Å². The van der Waals surface area contributed by atoms with Gasteiger partial charge < -0.3 is 10.4 Å². The molecule has 0 saturated carbocycles. The van der Waals surface area contributed by atoms with Crippen molar-refractivity contribution in [2.45, 2.75) is 26.6 Å². The molecule has 3 heteroatoms. The minimum atomic E-state index is 0.0946. The van der Waals surface area contributed by atoms with Gasteiger partial charge in [0.15, 0.2) is 0 Å². The third kappa shape index (κ3) is 4.16. The molecule has 0 bridgehead atoms. The Kier molecular flexibility index (Phi) is 5.14. The van der Waals surface area contributed by atoms with Crippen molar-refractivity contribution >= 4 is 15.9 Å². The lowest BCUT2D eigenvalue weighted by Gasteiger charge is -2.08. The molecule has 0 spiro atoms. The Hall–Kier alpha value is -1.16. The zero-order chi connectivity index (χ0) is 13.7. The molecule has 2 aromatic rings. The van der Waals surface area contributed by atoms with Gasteiger partial charge in [0.2, 0.25) is 0 Å². The summed E-state index contributed by atoms with van der Waals surface area (Å²) in [5.74, 6) is 0. The third-order valence-electron chi connectivity index (χ3n) is 3.03. The fourth-order valence-electron chi connectivity index (χ4n) is 1.98. The molecule has 0 aliphatic carbocycles. The van der Waals surface area contributed by atoms with Crippen LogP contribution in [0.3, 0.4) is 0 Å². The van der Waals surface area contributed by atoms with Crippen molar-refractivity contribution in [3.05, 3.63) is 69.2 Å². The second-order valence-electron chi connectivity index (χ2n) is 4.68. The summed E-state index contributed by atoms with van der Waals surface area (Å²) in [6.07, 6.45) is 0. The maximum absolute atomic E-state index is 9.10. The van der Waals surface area contributed by atoms with Gasteiger partial charge in [0.25, 0.3) is 0 Å². The van der Waals surface area contributed by atoms with Gasteiger partial charge in [-0.05, 0) is 35.2 Å². The SMILES string of the molecule is Cc1ccc(CNCc2cccc(CO)c2)c(Br)c1. The molecule has 100 valence electrons. The molecule has 2 aromatic carbocycles. The first kappa shape index (κ1) is 14.3. The summed E-state index contributed by atoms with van der Waals surface area (Å²) in [6.45, 7) is 3.80. The average Bonchev–Trinajstić information content (AvgIpc) is 2.41. The Morgan fingerprint density at radius 1 is 1.05 bits per heavy atom. The van der Waals surface area contributed by atoms with Crippen LogP contribution in [-0.2, 0) is 19.7 Å². The van der Waals surface area contributed by atoms with Gasteiger partial charge in [-0.1, -0.05) is 52.3 Å². The van der Waals surface area contributed by atoms with E-state index in [9.17, 15) is 0 Å². The predicted molar refractivity (Wildman–Crippen MR) is 81.8 cm³/mol. The first-order chi connectivity index (χ1) is 9.19. The van der Waals surface area contributed by atoms with E-state index in [4.69, 9.17) is 5.11 Å². The van der Waals surface area contributed by atoms with E-state index in [1.807, 2.05) is 18.2 Å².